The third-order valence-corrected chi connectivity index (χ3v) is 3.44. The lowest BCUT2D eigenvalue weighted by Crippen LogP contribution is -2.54. The van der Waals surface area contributed by atoms with Crippen molar-refractivity contribution in [1.82, 2.24) is 10.6 Å². The van der Waals surface area contributed by atoms with Crippen molar-refractivity contribution in [2.45, 2.75) is 50.8 Å². The van der Waals surface area contributed by atoms with Crippen LogP contribution in [0.15, 0.2) is 0 Å². The summed E-state index contributed by atoms with van der Waals surface area (Å²) in [5, 5.41) is 15.3. The van der Waals surface area contributed by atoms with Gasteiger partial charge in [-0.15, -0.1) is 0 Å². The summed E-state index contributed by atoms with van der Waals surface area (Å²) in [6, 6.07) is 0.179. The minimum atomic E-state index is -0.200. The molecule has 86 valence electrons. The van der Waals surface area contributed by atoms with Crippen LogP contribution < -0.4 is 10.6 Å². The maximum atomic E-state index is 11.8. The highest BCUT2D eigenvalue weighted by Gasteiger charge is 2.31. The fourth-order valence-corrected chi connectivity index (χ4v) is 2.31. The molecule has 0 spiro atoms. The molecule has 4 nitrogen and oxygen atoms in total. The zero-order valence-corrected chi connectivity index (χ0v) is 9.20. The Labute approximate surface area is 90.4 Å². The van der Waals surface area contributed by atoms with Crippen LogP contribution in [0, 0.1) is 5.92 Å². The molecule has 0 radical (unpaired) electrons. The second-order valence-electron chi connectivity index (χ2n) is 4.97. The highest BCUT2D eigenvalue weighted by atomic mass is 16.3. The van der Waals surface area contributed by atoms with E-state index in [0.29, 0.717) is 18.8 Å². The molecule has 2 rings (SSSR count). The molecule has 1 saturated heterocycles. The Morgan fingerprint density at radius 1 is 1.40 bits per heavy atom. The molecule has 4 heteroatoms. The van der Waals surface area contributed by atoms with Gasteiger partial charge in [0.05, 0.1) is 12.1 Å². The van der Waals surface area contributed by atoms with Gasteiger partial charge < -0.3 is 15.7 Å². The molecule has 2 fully saturated rings. The zero-order chi connectivity index (χ0) is 10.8. The topological polar surface area (TPSA) is 61.4 Å². The molecule has 0 aromatic heterocycles. The summed E-state index contributed by atoms with van der Waals surface area (Å²) in [6.07, 6.45) is 3.32. The van der Waals surface area contributed by atoms with E-state index < -0.39 is 0 Å². The van der Waals surface area contributed by atoms with E-state index in [9.17, 15) is 4.79 Å². The maximum absolute atomic E-state index is 11.8. The molecule has 0 aromatic carbocycles. The summed E-state index contributed by atoms with van der Waals surface area (Å²) in [6.45, 7) is 3.13. The van der Waals surface area contributed by atoms with Gasteiger partial charge in [0.1, 0.15) is 0 Å². The van der Waals surface area contributed by atoms with Gasteiger partial charge in [0.25, 0.3) is 0 Å². The number of hydrogen-bond acceptors (Lipinski definition) is 3. The van der Waals surface area contributed by atoms with E-state index in [-0.39, 0.29) is 24.1 Å². The number of amides is 1. The number of carbonyl (C=O) groups excluding carboxylic acids is 1. The first-order chi connectivity index (χ1) is 7.15. The Kier molecular flexibility index (Phi) is 3.26. The molecule has 2 atom stereocenters. The van der Waals surface area contributed by atoms with E-state index in [1.54, 1.807) is 0 Å². The quantitative estimate of drug-likeness (QED) is 0.604. The molecule has 15 heavy (non-hydrogen) atoms. The van der Waals surface area contributed by atoms with Gasteiger partial charge in [-0.25, -0.2) is 0 Å². The first-order valence-electron chi connectivity index (χ1n) is 5.87. The van der Waals surface area contributed by atoms with E-state index in [0.717, 1.165) is 19.4 Å². The fourth-order valence-electron chi connectivity index (χ4n) is 2.31. The highest BCUT2D eigenvalue weighted by Crippen LogP contribution is 2.20. The van der Waals surface area contributed by atoms with Crippen LogP contribution in [0.25, 0.3) is 0 Å². The molecule has 2 aliphatic rings. The molecule has 0 aromatic rings. The van der Waals surface area contributed by atoms with E-state index in [2.05, 4.69) is 17.6 Å². The smallest absolute Gasteiger partial charge is 0.237 e. The lowest BCUT2D eigenvalue weighted by Gasteiger charge is -2.34. The normalized spacial score (nSPS) is 40.7. The van der Waals surface area contributed by atoms with Crippen molar-refractivity contribution < 1.29 is 9.90 Å². The number of carbonyl (C=O) groups is 1. The highest BCUT2D eigenvalue weighted by molar-refractivity contribution is 5.82. The van der Waals surface area contributed by atoms with Gasteiger partial charge in [-0.2, -0.15) is 0 Å². The number of aliphatic hydroxyl groups excluding tert-OH is 1. The Hall–Kier alpha value is -0.610. The van der Waals surface area contributed by atoms with Crippen LogP contribution >= 0.6 is 0 Å². The Bertz CT molecular complexity index is 239. The molecule has 2 unspecified atom stereocenters. The lowest BCUT2D eigenvalue weighted by atomic mass is 9.88. The molecule has 1 aliphatic carbocycles. The fraction of sp³-hybridized carbons (Fsp3) is 0.909. The lowest BCUT2D eigenvalue weighted by molar-refractivity contribution is -0.126. The van der Waals surface area contributed by atoms with Crippen molar-refractivity contribution in [3.63, 3.8) is 0 Å². The molecule has 0 bridgehead atoms. The summed E-state index contributed by atoms with van der Waals surface area (Å²) in [5.74, 6) is 0.743. The Morgan fingerprint density at radius 3 is 2.73 bits per heavy atom. The predicted octanol–water partition coefficient (Wildman–Crippen LogP) is 0.0140. The SMILES string of the molecule is CC1CCNC(C(=O)NC2CC(O)C2)C1. The Balaban J connectivity index is 1.75. The van der Waals surface area contributed by atoms with Crippen LogP contribution in [0.5, 0.6) is 0 Å². The molecular formula is C11H20N2O2. The molecule has 1 aliphatic heterocycles. The summed E-state index contributed by atoms with van der Waals surface area (Å²) < 4.78 is 0. The summed E-state index contributed by atoms with van der Waals surface area (Å²) >= 11 is 0. The Morgan fingerprint density at radius 2 is 2.13 bits per heavy atom. The van der Waals surface area contributed by atoms with Crippen molar-refractivity contribution >= 4 is 5.91 Å². The van der Waals surface area contributed by atoms with Gasteiger partial charge in [0.15, 0.2) is 0 Å². The first-order valence-corrected chi connectivity index (χ1v) is 5.87. The van der Waals surface area contributed by atoms with Gasteiger partial charge in [-0.3, -0.25) is 4.79 Å². The monoisotopic (exact) mass is 212 g/mol. The summed E-state index contributed by atoms with van der Waals surface area (Å²) in [5.41, 5.74) is 0. The maximum Gasteiger partial charge on any atom is 0.237 e. The number of aliphatic hydroxyl groups is 1. The summed E-state index contributed by atoms with van der Waals surface area (Å²) in [4.78, 5) is 11.8. The largest absolute Gasteiger partial charge is 0.393 e. The number of rotatable bonds is 2. The zero-order valence-electron chi connectivity index (χ0n) is 9.20. The minimum Gasteiger partial charge on any atom is -0.393 e. The van der Waals surface area contributed by atoms with E-state index in [4.69, 9.17) is 5.11 Å². The van der Waals surface area contributed by atoms with Crippen LogP contribution in [0.1, 0.15) is 32.6 Å². The standard InChI is InChI=1S/C11H20N2O2/c1-7-2-3-12-10(4-7)11(15)13-8-5-9(14)6-8/h7-10,12,14H,2-6H2,1H3,(H,13,15). The average molecular weight is 212 g/mol. The number of nitrogens with one attached hydrogen (secondary N) is 2. The molecule has 1 saturated carbocycles. The van der Waals surface area contributed by atoms with Crippen molar-refractivity contribution in [3.8, 4) is 0 Å². The minimum absolute atomic E-state index is 0.0218. The summed E-state index contributed by atoms with van der Waals surface area (Å²) in [7, 11) is 0. The van der Waals surface area contributed by atoms with Crippen molar-refractivity contribution in [1.29, 1.82) is 0 Å². The molecule has 3 N–H and O–H groups in total. The van der Waals surface area contributed by atoms with Gasteiger partial charge in [-0.05, 0) is 38.1 Å². The van der Waals surface area contributed by atoms with Crippen LogP contribution in [0.4, 0.5) is 0 Å². The van der Waals surface area contributed by atoms with Crippen LogP contribution in [-0.4, -0.2) is 35.7 Å². The molecule has 1 amide bonds. The molecular weight excluding hydrogens is 192 g/mol. The third kappa shape index (κ3) is 2.69. The van der Waals surface area contributed by atoms with Crippen molar-refractivity contribution in [2.75, 3.05) is 6.54 Å². The number of hydrogen-bond donors (Lipinski definition) is 3. The van der Waals surface area contributed by atoms with Gasteiger partial charge in [-0.1, -0.05) is 6.92 Å². The molecule has 1 heterocycles. The van der Waals surface area contributed by atoms with Crippen molar-refractivity contribution in [2.24, 2.45) is 5.92 Å². The predicted molar refractivity (Wildman–Crippen MR) is 57.4 cm³/mol. The van der Waals surface area contributed by atoms with E-state index in [1.165, 1.54) is 0 Å². The van der Waals surface area contributed by atoms with Gasteiger partial charge in [0.2, 0.25) is 5.91 Å². The number of piperidine rings is 1. The van der Waals surface area contributed by atoms with Gasteiger partial charge in [0, 0.05) is 6.04 Å². The second-order valence-corrected chi connectivity index (χ2v) is 4.97. The third-order valence-electron chi connectivity index (χ3n) is 3.44. The van der Waals surface area contributed by atoms with Gasteiger partial charge >= 0.3 is 0 Å². The van der Waals surface area contributed by atoms with Crippen LogP contribution in [0.2, 0.25) is 0 Å². The second kappa shape index (κ2) is 4.49. The first kappa shape index (κ1) is 10.9. The van der Waals surface area contributed by atoms with E-state index in [1.807, 2.05) is 0 Å². The average Bonchev–Trinajstić information content (AvgIpc) is 2.15. The van der Waals surface area contributed by atoms with Crippen LogP contribution in [0.3, 0.4) is 0 Å². The van der Waals surface area contributed by atoms with E-state index >= 15 is 0 Å². The van der Waals surface area contributed by atoms with Crippen molar-refractivity contribution in [3.05, 3.63) is 0 Å². The van der Waals surface area contributed by atoms with Crippen LogP contribution in [-0.2, 0) is 4.79 Å².